The van der Waals surface area contributed by atoms with Crippen LogP contribution in [-0.2, 0) is 11.3 Å². The van der Waals surface area contributed by atoms with Crippen molar-refractivity contribution in [3.63, 3.8) is 0 Å². The Morgan fingerprint density at radius 2 is 2.33 bits per heavy atom. The number of anilines is 1. The van der Waals surface area contributed by atoms with Gasteiger partial charge in [0.2, 0.25) is 5.91 Å². The van der Waals surface area contributed by atoms with Gasteiger partial charge in [-0.05, 0) is 26.8 Å². The number of aryl methyl sites for hydroxylation is 2. The highest BCUT2D eigenvalue weighted by atomic mass is 35.5. The summed E-state index contributed by atoms with van der Waals surface area (Å²) in [6, 6.07) is 0. The van der Waals surface area contributed by atoms with Gasteiger partial charge in [-0.25, -0.2) is 0 Å². The van der Waals surface area contributed by atoms with Crippen molar-refractivity contribution >= 4 is 36.4 Å². The van der Waals surface area contributed by atoms with Crippen LogP contribution in [0.25, 0.3) is 0 Å². The van der Waals surface area contributed by atoms with Crippen LogP contribution in [0.15, 0.2) is 6.20 Å². The van der Waals surface area contributed by atoms with Crippen molar-refractivity contribution < 1.29 is 4.79 Å². The Balaban J connectivity index is 0.00000144. The standard InChI is InChI=1S/C11H18N4O.2ClH/c1-3-15-7-10(8(2)14-15)13-11(16)9-4-5-12-6-9;;/h7,9,12H,3-6H2,1-2H3,(H,13,16);2*1H. The molecule has 1 unspecified atom stereocenters. The number of hydrogen-bond acceptors (Lipinski definition) is 3. The van der Waals surface area contributed by atoms with Crippen LogP contribution in [0.2, 0.25) is 0 Å². The molecule has 0 spiro atoms. The van der Waals surface area contributed by atoms with Gasteiger partial charge in [-0.3, -0.25) is 9.48 Å². The predicted molar refractivity (Wildman–Crippen MR) is 76.7 cm³/mol. The van der Waals surface area contributed by atoms with E-state index in [9.17, 15) is 4.79 Å². The molecule has 104 valence electrons. The van der Waals surface area contributed by atoms with E-state index in [1.807, 2.05) is 24.7 Å². The maximum absolute atomic E-state index is 11.9. The molecule has 18 heavy (non-hydrogen) atoms. The number of hydrogen-bond donors (Lipinski definition) is 2. The molecule has 0 aliphatic carbocycles. The van der Waals surface area contributed by atoms with Crippen LogP contribution in [0.3, 0.4) is 0 Å². The topological polar surface area (TPSA) is 59.0 Å². The number of halogens is 2. The molecule has 0 bridgehead atoms. The first-order chi connectivity index (χ1) is 7.70. The van der Waals surface area contributed by atoms with E-state index in [1.54, 1.807) is 0 Å². The van der Waals surface area contributed by atoms with Crippen molar-refractivity contribution in [1.29, 1.82) is 0 Å². The fourth-order valence-electron chi connectivity index (χ4n) is 1.92. The van der Waals surface area contributed by atoms with Gasteiger partial charge in [0.05, 0.1) is 17.3 Å². The lowest BCUT2D eigenvalue weighted by Crippen LogP contribution is -2.24. The van der Waals surface area contributed by atoms with Crippen LogP contribution in [0, 0.1) is 12.8 Å². The second-order valence-corrected chi connectivity index (χ2v) is 4.16. The maximum atomic E-state index is 11.9. The van der Waals surface area contributed by atoms with E-state index in [0.29, 0.717) is 0 Å². The van der Waals surface area contributed by atoms with Crippen molar-refractivity contribution in [2.75, 3.05) is 18.4 Å². The van der Waals surface area contributed by atoms with E-state index < -0.39 is 0 Å². The number of nitrogens with zero attached hydrogens (tertiary/aromatic N) is 2. The summed E-state index contributed by atoms with van der Waals surface area (Å²) in [6.45, 7) is 6.48. The van der Waals surface area contributed by atoms with E-state index in [2.05, 4.69) is 15.7 Å². The van der Waals surface area contributed by atoms with Crippen molar-refractivity contribution in [2.45, 2.75) is 26.8 Å². The Morgan fingerprint density at radius 3 is 2.83 bits per heavy atom. The third-order valence-electron chi connectivity index (χ3n) is 2.96. The molecule has 0 aromatic carbocycles. The number of carbonyl (C=O) groups is 1. The van der Waals surface area contributed by atoms with Crippen molar-refractivity contribution in [3.8, 4) is 0 Å². The zero-order valence-electron chi connectivity index (χ0n) is 10.6. The minimum atomic E-state index is 0. The van der Waals surface area contributed by atoms with Crippen LogP contribution < -0.4 is 10.6 Å². The highest BCUT2D eigenvalue weighted by molar-refractivity contribution is 5.93. The summed E-state index contributed by atoms with van der Waals surface area (Å²) in [5.41, 5.74) is 1.71. The van der Waals surface area contributed by atoms with E-state index in [4.69, 9.17) is 0 Å². The second-order valence-electron chi connectivity index (χ2n) is 4.16. The average Bonchev–Trinajstić information content (AvgIpc) is 2.88. The van der Waals surface area contributed by atoms with Gasteiger partial charge in [0.25, 0.3) is 0 Å². The van der Waals surface area contributed by atoms with Crippen LogP contribution in [0.1, 0.15) is 19.0 Å². The molecule has 1 saturated heterocycles. The average molecular weight is 295 g/mol. The molecular weight excluding hydrogens is 275 g/mol. The van der Waals surface area contributed by atoms with Gasteiger partial charge in [0.1, 0.15) is 0 Å². The maximum Gasteiger partial charge on any atom is 0.228 e. The number of aromatic nitrogens is 2. The third-order valence-corrected chi connectivity index (χ3v) is 2.96. The van der Waals surface area contributed by atoms with Gasteiger partial charge in [-0.15, -0.1) is 24.8 Å². The number of amides is 1. The minimum Gasteiger partial charge on any atom is -0.323 e. The van der Waals surface area contributed by atoms with E-state index in [0.717, 1.165) is 37.4 Å². The minimum absolute atomic E-state index is 0. The SMILES string of the molecule is CCn1cc(NC(=O)C2CCNC2)c(C)n1.Cl.Cl. The van der Waals surface area contributed by atoms with E-state index in [1.165, 1.54) is 0 Å². The zero-order chi connectivity index (χ0) is 11.5. The number of rotatable bonds is 3. The molecule has 0 radical (unpaired) electrons. The molecule has 2 N–H and O–H groups in total. The molecule has 1 aliphatic heterocycles. The zero-order valence-corrected chi connectivity index (χ0v) is 12.2. The molecular formula is C11H20Cl2N4O. The first-order valence-electron chi connectivity index (χ1n) is 5.76. The summed E-state index contributed by atoms with van der Waals surface area (Å²) in [5.74, 6) is 0.202. The van der Waals surface area contributed by atoms with Gasteiger partial charge < -0.3 is 10.6 Å². The molecule has 7 heteroatoms. The van der Waals surface area contributed by atoms with Crippen LogP contribution in [0.4, 0.5) is 5.69 Å². The largest absolute Gasteiger partial charge is 0.323 e. The van der Waals surface area contributed by atoms with Crippen molar-refractivity contribution in [1.82, 2.24) is 15.1 Å². The Kier molecular flexibility index (Phi) is 7.28. The van der Waals surface area contributed by atoms with Crippen LogP contribution >= 0.6 is 24.8 Å². The highest BCUT2D eigenvalue weighted by Crippen LogP contribution is 2.16. The smallest absolute Gasteiger partial charge is 0.228 e. The summed E-state index contributed by atoms with van der Waals surface area (Å²) in [6.07, 6.45) is 2.81. The van der Waals surface area contributed by atoms with Crippen molar-refractivity contribution in [2.24, 2.45) is 5.92 Å². The Bertz CT molecular complexity index is 388. The van der Waals surface area contributed by atoms with Gasteiger partial charge in [0, 0.05) is 19.3 Å². The fourth-order valence-corrected chi connectivity index (χ4v) is 1.92. The number of nitrogens with one attached hydrogen (secondary N) is 2. The lowest BCUT2D eigenvalue weighted by Gasteiger charge is -2.08. The fraction of sp³-hybridized carbons (Fsp3) is 0.636. The predicted octanol–water partition coefficient (Wildman–Crippen LogP) is 1.60. The van der Waals surface area contributed by atoms with E-state index in [-0.39, 0.29) is 36.6 Å². The van der Waals surface area contributed by atoms with Gasteiger partial charge in [-0.1, -0.05) is 0 Å². The number of carbonyl (C=O) groups excluding carboxylic acids is 1. The molecule has 1 amide bonds. The Morgan fingerprint density at radius 1 is 1.61 bits per heavy atom. The molecule has 0 saturated carbocycles. The normalized spacial score (nSPS) is 17.8. The molecule has 1 aromatic rings. The molecule has 2 heterocycles. The molecule has 1 fully saturated rings. The third kappa shape index (κ3) is 3.86. The molecule has 1 atom stereocenters. The Labute approximate surface area is 120 Å². The van der Waals surface area contributed by atoms with Crippen molar-refractivity contribution in [3.05, 3.63) is 11.9 Å². The molecule has 5 nitrogen and oxygen atoms in total. The molecule has 1 aliphatic rings. The summed E-state index contributed by atoms with van der Waals surface area (Å²) < 4.78 is 1.83. The summed E-state index contributed by atoms with van der Waals surface area (Å²) in [7, 11) is 0. The lowest BCUT2D eigenvalue weighted by molar-refractivity contribution is -0.119. The van der Waals surface area contributed by atoms with Gasteiger partial charge >= 0.3 is 0 Å². The quantitative estimate of drug-likeness (QED) is 0.890. The van der Waals surface area contributed by atoms with Crippen LogP contribution in [-0.4, -0.2) is 28.8 Å². The first kappa shape index (κ1) is 17.2. The first-order valence-corrected chi connectivity index (χ1v) is 5.76. The summed E-state index contributed by atoms with van der Waals surface area (Å²) in [5, 5.41) is 10.4. The van der Waals surface area contributed by atoms with Gasteiger partial charge in [0.15, 0.2) is 0 Å². The monoisotopic (exact) mass is 294 g/mol. The van der Waals surface area contributed by atoms with Crippen LogP contribution in [0.5, 0.6) is 0 Å². The molecule has 1 aromatic heterocycles. The lowest BCUT2D eigenvalue weighted by atomic mass is 10.1. The summed E-state index contributed by atoms with van der Waals surface area (Å²) in [4.78, 5) is 11.9. The summed E-state index contributed by atoms with van der Waals surface area (Å²) >= 11 is 0. The second kappa shape index (κ2) is 7.61. The molecule has 2 rings (SSSR count). The van der Waals surface area contributed by atoms with Gasteiger partial charge in [-0.2, -0.15) is 5.10 Å². The highest BCUT2D eigenvalue weighted by Gasteiger charge is 2.23. The van der Waals surface area contributed by atoms with E-state index >= 15 is 0 Å². The Hall–Kier alpha value is -0.780.